The van der Waals surface area contributed by atoms with Crippen LogP contribution >= 0.6 is 0 Å². The normalized spacial score (nSPS) is 17.6. The average Bonchev–Trinajstić information content (AvgIpc) is 2.77. The maximum Gasteiger partial charge on any atom is 0.375 e. The summed E-state index contributed by atoms with van der Waals surface area (Å²) in [6.07, 6.45) is 6.55. The Kier molecular flexibility index (Phi) is 12.0. The Morgan fingerprint density at radius 2 is 1.12 bits per heavy atom. The van der Waals surface area contributed by atoms with Gasteiger partial charge in [-0.05, 0) is 218 Å². The largest absolute Gasteiger partial charge is 0.466 e. The zero-order valence-corrected chi connectivity index (χ0v) is 50.4. The van der Waals surface area contributed by atoms with Crippen LogP contribution in [0, 0.1) is 20.8 Å². The van der Waals surface area contributed by atoms with E-state index in [1.165, 1.54) is 129 Å². The van der Waals surface area contributed by atoms with Gasteiger partial charge in [0.2, 0.25) is 0 Å². The van der Waals surface area contributed by atoms with E-state index in [9.17, 15) is 0 Å². The van der Waals surface area contributed by atoms with Crippen LogP contribution < -0.4 is 20.8 Å². The van der Waals surface area contributed by atoms with Crippen molar-refractivity contribution in [3.8, 4) is 33.4 Å². The molecule has 0 saturated heterocycles. The fraction of sp³-hybridized carbons (Fsp3) is 0.405. The van der Waals surface area contributed by atoms with Gasteiger partial charge in [0.25, 0.3) is 0 Å². The van der Waals surface area contributed by atoms with E-state index in [-0.39, 0.29) is 39.3 Å². The van der Waals surface area contributed by atoms with Gasteiger partial charge in [-0.1, -0.05) is 181 Å². The van der Waals surface area contributed by atoms with Crippen molar-refractivity contribution in [3.05, 3.63) is 177 Å². The Balaban J connectivity index is 1.15. The van der Waals surface area contributed by atoms with Crippen molar-refractivity contribution in [1.29, 1.82) is 0 Å². The summed E-state index contributed by atoms with van der Waals surface area (Å²) in [5.41, 5.74) is 30.3. The number of nitrogens with zero attached hydrogens (tertiary/aromatic N) is 2. The van der Waals surface area contributed by atoms with Gasteiger partial charge < -0.3 is 14.1 Å². The first kappa shape index (κ1) is 52.4. The van der Waals surface area contributed by atoms with Crippen LogP contribution in [-0.2, 0) is 38.9 Å². The Hall–Kier alpha value is -6.26. The van der Waals surface area contributed by atoms with Crippen LogP contribution in [0.3, 0.4) is 0 Å². The van der Waals surface area contributed by atoms with E-state index in [1.807, 2.05) is 0 Å². The Labute approximate surface area is 469 Å². The molecule has 0 atom stereocenters. The molecule has 3 heterocycles. The molecule has 0 saturated carbocycles. The highest BCUT2D eigenvalue weighted by Crippen LogP contribution is 2.54. The number of hydrogen-bond acceptors (Lipinski definition) is 3. The van der Waals surface area contributed by atoms with Gasteiger partial charge in [-0.3, -0.25) is 0 Å². The molecule has 0 unspecified atom stereocenters. The summed E-state index contributed by atoms with van der Waals surface area (Å²) in [6.45, 7) is 41.2. The molecule has 4 aliphatic rings. The summed E-state index contributed by atoms with van der Waals surface area (Å²) in [5, 5.41) is 1.23. The van der Waals surface area contributed by atoms with Gasteiger partial charge in [0.1, 0.15) is 11.2 Å². The minimum atomic E-state index is -0.226. The molecule has 0 bridgehead atoms. The predicted octanol–water partition coefficient (Wildman–Crippen LogP) is 19.0. The van der Waals surface area contributed by atoms with Gasteiger partial charge in [-0.2, -0.15) is 0 Å². The summed E-state index contributed by atoms with van der Waals surface area (Å²) in [5.74, 6) is 0. The third-order valence-corrected chi connectivity index (χ3v) is 19.5. The lowest BCUT2D eigenvalue weighted by Crippen LogP contribution is -2.61. The molecule has 7 aromatic carbocycles. The third-order valence-electron chi connectivity index (χ3n) is 19.5. The molecule has 3 nitrogen and oxygen atoms in total. The topological polar surface area (TPSA) is 19.6 Å². The molecule has 0 spiro atoms. The minimum Gasteiger partial charge on any atom is -0.466 e. The molecule has 0 radical (unpaired) electrons. The van der Waals surface area contributed by atoms with Crippen molar-refractivity contribution in [1.82, 2.24) is 0 Å². The number of anilines is 4. The van der Waals surface area contributed by atoms with E-state index in [0.29, 0.717) is 0 Å². The number of aryl methyl sites for hydroxylation is 4. The van der Waals surface area contributed by atoms with Crippen LogP contribution in [0.15, 0.2) is 126 Å². The molecule has 0 N–H and O–H groups in total. The molecule has 400 valence electrons. The van der Waals surface area contributed by atoms with E-state index in [2.05, 4.69) is 249 Å². The van der Waals surface area contributed by atoms with Crippen molar-refractivity contribution >= 4 is 51.7 Å². The third kappa shape index (κ3) is 8.52. The fourth-order valence-corrected chi connectivity index (χ4v) is 14.7. The summed E-state index contributed by atoms with van der Waals surface area (Å²) in [6, 6.07) is 48.3. The van der Waals surface area contributed by atoms with Crippen LogP contribution in [0.2, 0.25) is 0 Å². The summed E-state index contributed by atoms with van der Waals surface area (Å²) in [7, 11) is 0. The number of rotatable bonds is 7. The molecule has 78 heavy (non-hydrogen) atoms. The molecular weight excluding hydrogens is 944 g/mol. The zero-order valence-electron chi connectivity index (χ0n) is 50.4. The highest BCUT2D eigenvalue weighted by molar-refractivity contribution is 6.93. The smallest absolute Gasteiger partial charge is 0.375 e. The van der Waals surface area contributed by atoms with Gasteiger partial charge in [0, 0.05) is 34.6 Å². The second-order valence-corrected chi connectivity index (χ2v) is 29.2. The molecular formula is C74H85BN2O. The molecule has 0 amide bonds. The standard InChI is InChI=1S/C74H85BN2O/c1-45-36-46(2)65(47(3)37-45)50-38-56-54-29-27-52(70(7,8)9)41-62(54)77(53-28-30-58-59(42-53)72(12,13)32-31-71(58,10)11)75-66(56)63(39-50)76(35-21-24-49-25-26-51(69(4,5)6)40-55(49)48-22-19-18-20-23-48)67-57-43-60-61(44-64(57)78-68(67)75)74(16,17)34-33-73(60,14)15/h18-20,22-23,25-30,36-44H,21,24,31-35H2,1-17H3. The Bertz CT molecular complexity index is 3710. The van der Waals surface area contributed by atoms with E-state index in [4.69, 9.17) is 4.42 Å². The first-order valence-electron chi connectivity index (χ1n) is 29.6. The van der Waals surface area contributed by atoms with Gasteiger partial charge in [-0.15, -0.1) is 0 Å². The quantitative estimate of drug-likeness (QED) is 0.148. The monoisotopic (exact) mass is 1030 g/mol. The lowest BCUT2D eigenvalue weighted by molar-refractivity contribution is 0.332. The maximum atomic E-state index is 7.82. The number of benzene rings is 7. The minimum absolute atomic E-state index is 0.0252. The number of fused-ring (bicyclic) bond motifs is 8. The fourth-order valence-electron chi connectivity index (χ4n) is 14.7. The van der Waals surface area contributed by atoms with Crippen LogP contribution in [-0.4, -0.2) is 13.4 Å². The van der Waals surface area contributed by atoms with Crippen LogP contribution in [0.4, 0.5) is 22.7 Å². The lowest BCUT2D eigenvalue weighted by atomic mass is 9.45. The molecule has 8 aromatic rings. The van der Waals surface area contributed by atoms with E-state index < -0.39 is 0 Å². The Morgan fingerprint density at radius 3 is 1.76 bits per heavy atom. The van der Waals surface area contributed by atoms with Crippen LogP contribution in [0.1, 0.15) is 185 Å². The summed E-state index contributed by atoms with van der Waals surface area (Å²) in [4.78, 5) is 5.47. The van der Waals surface area contributed by atoms with Gasteiger partial charge in [0.05, 0.1) is 5.69 Å². The second kappa shape index (κ2) is 17.9. The van der Waals surface area contributed by atoms with E-state index in [0.717, 1.165) is 49.9 Å². The number of hydrogen-bond donors (Lipinski definition) is 0. The summed E-state index contributed by atoms with van der Waals surface area (Å²) < 4.78 is 7.82. The molecule has 4 heteroatoms. The Morgan fingerprint density at radius 1 is 0.526 bits per heavy atom. The molecule has 2 aliphatic heterocycles. The number of furan rings is 1. The van der Waals surface area contributed by atoms with Crippen molar-refractivity contribution in [2.24, 2.45) is 0 Å². The van der Waals surface area contributed by atoms with Crippen molar-refractivity contribution in [2.45, 2.75) is 189 Å². The first-order valence-corrected chi connectivity index (χ1v) is 29.6. The van der Waals surface area contributed by atoms with Crippen molar-refractivity contribution in [2.75, 3.05) is 16.3 Å². The van der Waals surface area contributed by atoms with Gasteiger partial charge in [-0.25, -0.2) is 0 Å². The van der Waals surface area contributed by atoms with Crippen molar-refractivity contribution in [3.63, 3.8) is 0 Å². The zero-order chi connectivity index (χ0) is 55.4. The SMILES string of the molecule is Cc1cc(C)c(-c2cc3c4c(c2)N(CCCc2ccc(C(C)(C)C)cc2-c2ccccc2)c2c(oc5cc6c(cc25)C(C)(C)CCC6(C)C)B4N(c2ccc4c(c2)C(C)(C)CCC4(C)C)c2cc(C(C)(C)C)ccc2-3)c(C)c1. The highest BCUT2D eigenvalue weighted by Gasteiger charge is 2.50. The van der Waals surface area contributed by atoms with E-state index in [1.54, 1.807) is 0 Å². The molecule has 1 aromatic heterocycles. The predicted molar refractivity (Wildman–Crippen MR) is 337 cm³/mol. The molecule has 12 rings (SSSR count). The van der Waals surface area contributed by atoms with Crippen LogP contribution in [0.5, 0.6) is 0 Å². The first-order chi connectivity index (χ1) is 36.6. The lowest BCUT2D eigenvalue weighted by Gasteiger charge is -2.46. The van der Waals surface area contributed by atoms with Gasteiger partial charge in [0.15, 0.2) is 0 Å². The average molecular weight is 1030 g/mol. The van der Waals surface area contributed by atoms with Gasteiger partial charge >= 0.3 is 6.85 Å². The highest BCUT2D eigenvalue weighted by atomic mass is 16.3. The molecule has 2 aliphatic carbocycles. The second-order valence-electron chi connectivity index (χ2n) is 29.2. The van der Waals surface area contributed by atoms with Crippen LogP contribution in [0.25, 0.3) is 44.3 Å². The summed E-state index contributed by atoms with van der Waals surface area (Å²) >= 11 is 0. The van der Waals surface area contributed by atoms with E-state index >= 15 is 0 Å². The molecule has 0 fully saturated rings. The van der Waals surface area contributed by atoms with Crippen molar-refractivity contribution < 1.29 is 4.42 Å². The maximum absolute atomic E-state index is 7.82.